The SMILES string of the molecule is Cl.Cl.Nc1ccnc2c(-c3cc4n(c(=O)c3)C[C@@H]3CNC[C@H]4C3)cccc12. The molecular formula is C20H22Cl2N4O. The minimum Gasteiger partial charge on any atom is -0.398 e. The third-order valence-corrected chi connectivity index (χ3v) is 5.58. The van der Waals surface area contributed by atoms with Crippen LogP contribution in [0.2, 0.25) is 0 Å². The summed E-state index contributed by atoms with van der Waals surface area (Å²) in [4.78, 5) is 17.3. The Balaban J connectivity index is 0.00000105. The van der Waals surface area contributed by atoms with E-state index >= 15 is 0 Å². The molecule has 5 nitrogen and oxygen atoms in total. The van der Waals surface area contributed by atoms with Crippen LogP contribution in [0.1, 0.15) is 18.0 Å². The maximum Gasteiger partial charge on any atom is 0.251 e. The van der Waals surface area contributed by atoms with Gasteiger partial charge in [-0.15, -0.1) is 24.8 Å². The van der Waals surface area contributed by atoms with Gasteiger partial charge in [0.2, 0.25) is 0 Å². The number of fused-ring (bicyclic) bond motifs is 5. The fraction of sp³-hybridized carbons (Fsp3) is 0.300. The number of pyridine rings is 2. The monoisotopic (exact) mass is 404 g/mol. The number of rotatable bonds is 1. The molecule has 5 rings (SSSR count). The van der Waals surface area contributed by atoms with E-state index in [-0.39, 0.29) is 30.4 Å². The average molecular weight is 405 g/mol. The normalized spacial score (nSPS) is 20.3. The number of nitrogen functional groups attached to an aromatic ring is 1. The molecule has 0 saturated carbocycles. The number of para-hydroxylation sites is 1. The molecule has 0 amide bonds. The molecule has 27 heavy (non-hydrogen) atoms. The maximum atomic E-state index is 12.8. The van der Waals surface area contributed by atoms with Gasteiger partial charge in [-0.1, -0.05) is 18.2 Å². The van der Waals surface area contributed by atoms with E-state index in [1.54, 1.807) is 12.3 Å². The van der Waals surface area contributed by atoms with Crippen LogP contribution in [0.25, 0.3) is 22.0 Å². The van der Waals surface area contributed by atoms with Gasteiger partial charge in [0.1, 0.15) is 0 Å². The molecule has 2 aromatic heterocycles. The van der Waals surface area contributed by atoms with Crippen LogP contribution in [0.5, 0.6) is 0 Å². The molecule has 1 fully saturated rings. The molecule has 0 spiro atoms. The van der Waals surface area contributed by atoms with Crippen molar-refractivity contribution in [3.63, 3.8) is 0 Å². The summed E-state index contributed by atoms with van der Waals surface area (Å²) in [6, 6.07) is 11.7. The second-order valence-electron chi connectivity index (χ2n) is 7.18. The van der Waals surface area contributed by atoms with Gasteiger partial charge in [0.15, 0.2) is 0 Å². The lowest BCUT2D eigenvalue weighted by atomic mass is 9.83. The summed E-state index contributed by atoms with van der Waals surface area (Å²) in [7, 11) is 0. The number of anilines is 1. The molecule has 0 aliphatic carbocycles. The predicted molar refractivity (Wildman–Crippen MR) is 114 cm³/mol. The van der Waals surface area contributed by atoms with Crippen molar-refractivity contribution in [1.82, 2.24) is 14.9 Å². The second kappa shape index (κ2) is 7.50. The lowest BCUT2D eigenvalue weighted by molar-refractivity contribution is 0.257. The van der Waals surface area contributed by atoms with Crippen LogP contribution in [-0.2, 0) is 6.54 Å². The van der Waals surface area contributed by atoms with Crippen molar-refractivity contribution in [3.8, 4) is 11.1 Å². The highest BCUT2D eigenvalue weighted by Crippen LogP contribution is 2.35. The van der Waals surface area contributed by atoms with Crippen molar-refractivity contribution in [3.05, 3.63) is 58.6 Å². The summed E-state index contributed by atoms with van der Waals surface area (Å²) in [6.45, 7) is 2.77. The number of halogens is 2. The van der Waals surface area contributed by atoms with Crippen LogP contribution in [-0.4, -0.2) is 22.6 Å². The average Bonchev–Trinajstić information content (AvgIpc) is 2.63. The zero-order chi connectivity index (χ0) is 17.0. The number of nitrogens with one attached hydrogen (secondary N) is 1. The topological polar surface area (TPSA) is 72.9 Å². The largest absolute Gasteiger partial charge is 0.398 e. The molecule has 7 heteroatoms. The highest BCUT2D eigenvalue weighted by molar-refractivity contribution is 5.99. The van der Waals surface area contributed by atoms with E-state index in [4.69, 9.17) is 5.73 Å². The fourth-order valence-corrected chi connectivity index (χ4v) is 4.39. The Bertz CT molecular complexity index is 1050. The Kier molecular flexibility index (Phi) is 5.47. The van der Waals surface area contributed by atoms with E-state index in [9.17, 15) is 4.79 Å². The second-order valence-corrected chi connectivity index (χ2v) is 7.18. The molecule has 0 unspecified atom stereocenters. The first kappa shape index (κ1) is 19.7. The molecular weight excluding hydrogens is 383 g/mol. The number of hydrogen-bond donors (Lipinski definition) is 2. The molecule has 2 aliphatic rings. The number of aromatic nitrogens is 2. The summed E-state index contributed by atoms with van der Waals surface area (Å²) < 4.78 is 1.97. The summed E-state index contributed by atoms with van der Waals surface area (Å²) in [5, 5.41) is 4.43. The number of hydrogen-bond acceptors (Lipinski definition) is 4. The first-order chi connectivity index (χ1) is 12.2. The molecule has 1 saturated heterocycles. The Morgan fingerprint density at radius 1 is 1.15 bits per heavy atom. The zero-order valence-electron chi connectivity index (χ0n) is 14.7. The van der Waals surface area contributed by atoms with Crippen LogP contribution in [0.4, 0.5) is 5.69 Å². The first-order valence-corrected chi connectivity index (χ1v) is 8.80. The van der Waals surface area contributed by atoms with E-state index in [0.717, 1.165) is 53.8 Å². The molecule has 3 N–H and O–H groups in total. The highest BCUT2D eigenvalue weighted by Gasteiger charge is 2.31. The van der Waals surface area contributed by atoms with E-state index in [1.165, 1.54) is 0 Å². The standard InChI is InChI=1S/C20H20N4O.2ClH/c21-17-4-5-23-20-15(2-1-3-16(17)20)13-7-18-14-6-12(9-22-10-14)11-24(18)19(25)8-13;;/h1-5,7-8,12,14,22H,6,9-11H2,(H2,21,23);2*1H/t12-,14+;;/m0../s1. The Morgan fingerprint density at radius 3 is 2.85 bits per heavy atom. The molecule has 0 radical (unpaired) electrons. The third-order valence-electron chi connectivity index (χ3n) is 5.58. The van der Waals surface area contributed by atoms with Gasteiger partial charge in [0, 0.05) is 53.6 Å². The van der Waals surface area contributed by atoms with Crippen LogP contribution >= 0.6 is 24.8 Å². The maximum absolute atomic E-state index is 12.8. The van der Waals surface area contributed by atoms with Gasteiger partial charge in [0.05, 0.1) is 5.52 Å². The van der Waals surface area contributed by atoms with E-state index in [2.05, 4.69) is 16.4 Å². The van der Waals surface area contributed by atoms with Crippen molar-refractivity contribution in [2.45, 2.75) is 18.9 Å². The van der Waals surface area contributed by atoms with Gasteiger partial charge in [-0.05, 0) is 36.6 Å². The highest BCUT2D eigenvalue weighted by atomic mass is 35.5. The Labute approximate surface area is 169 Å². The number of nitrogens with two attached hydrogens (primary N) is 1. The molecule has 2 bridgehead atoms. The third kappa shape index (κ3) is 3.20. The summed E-state index contributed by atoms with van der Waals surface area (Å²) in [6.07, 6.45) is 2.89. The molecule has 4 heterocycles. The molecule has 2 aliphatic heterocycles. The van der Waals surface area contributed by atoms with Crippen molar-refractivity contribution < 1.29 is 0 Å². The van der Waals surface area contributed by atoms with Gasteiger partial charge in [0.25, 0.3) is 5.56 Å². The number of nitrogens with zero attached hydrogens (tertiary/aromatic N) is 2. The van der Waals surface area contributed by atoms with Gasteiger partial charge in [-0.25, -0.2) is 0 Å². The minimum absolute atomic E-state index is 0. The van der Waals surface area contributed by atoms with Gasteiger partial charge in [-0.3, -0.25) is 9.78 Å². The van der Waals surface area contributed by atoms with Gasteiger partial charge in [-0.2, -0.15) is 0 Å². The smallest absolute Gasteiger partial charge is 0.251 e. The van der Waals surface area contributed by atoms with Crippen LogP contribution in [0, 0.1) is 5.92 Å². The Hall–Kier alpha value is -2.08. The quantitative estimate of drug-likeness (QED) is 0.652. The van der Waals surface area contributed by atoms with Crippen molar-refractivity contribution >= 4 is 41.4 Å². The first-order valence-electron chi connectivity index (χ1n) is 8.80. The van der Waals surface area contributed by atoms with E-state index < -0.39 is 0 Å². The lowest BCUT2D eigenvalue weighted by Gasteiger charge is -2.37. The summed E-state index contributed by atoms with van der Waals surface area (Å²) >= 11 is 0. The van der Waals surface area contributed by atoms with Crippen molar-refractivity contribution in [2.24, 2.45) is 5.92 Å². The van der Waals surface area contributed by atoms with Crippen molar-refractivity contribution in [1.29, 1.82) is 0 Å². The van der Waals surface area contributed by atoms with Gasteiger partial charge < -0.3 is 15.6 Å². The lowest BCUT2D eigenvalue weighted by Crippen LogP contribution is -2.44. The van der Waals surface area contributed by atoms with E-state index in [0.29, 0.717) is 17.5 Å². The zero-order valence-corrected chi connectivity index (χ0v) is 16.4. The van der Waals surface area contributed by atoms with Crippen LogP contribution in [0.15, 0.2) is 47.4 Å². The molecule has 2 atom stereocenters. The molecule has 3 aromatic rings. The fourth-order valence-electron chi connectivity index (χ4n) is 4.39. The molecule has 142 valence electrons. The number of piperidine rings is 1. The summed E-state index contributed by atoms with van der Waals surface area (Å²) in [5.74, 6) is 0.974. The van der Waals surface area contributed by atoms with E-state index in [1.807, 2.05) is 28.8 Å². The van der Waals surface area contributed by atoms with Gasteiger partial charge >= 0.3 is 0 Å². The molecule has 1 aromatic carbocycles. The number of benzene rings is 1. The Morgan fingerprint density at radius 2 is 2.00 bits per heavy atom. The van der Waals surface area contributed by atoms with Crippen LogP contribution in [0.3, 0.4) is 0 Å². The van der Waals surface area contributed by atoms with Crippen LogP contribution < -0.4 is 16.6 Å². The summed E-state index contributed by atoms with van der Waals surface area (Å²) in [5.41, 5.74) is 10.8. The minimum atomic E-state index is 0. The predicted octanol–water partition coefficient (Wildman–Crippen LogP) is 3.20. The van der Waals surface area contributed by atoms with Crippen molar-refractivity contribution in [2.75, 3.05) is 18.8 Å².